The van der Waals surface area contributed by atoms with Crippen LogP contribution in [0.3, 0.4) is 0 Å². The van der Waals surface area contributed by atoms with Crippen LogP contribution < -0.4 is 10.5 Å². The van der Waals surface area contributed by atoms with Crippen LogP contribution in [0.2, 0.25) is 5.15 Å². The number of hydrogen-bond donors (Lipinski definition) is 2. The van der Waals surface area contributed by atoms with Gasteiger partial charge in [0.25, 0.3) is 0 Å². The second kappa shape index (κ2) is 6.78. The van der Waals surface area contributed by atoms with Crippen LogP contribution in [0.25, 0.3) is 10.2 Å². The number of fused-ring (bicyclic) bond motifs is 1. The maximum atomic E-state index is 12.5. The quantitative estimate of drug-likeness (QED) is 0.663. The maximum Gasteiger partial charge on any atom is 0.250 e. The van der Waals surface area contributed by atoms with Crippen LogP contribution in [0.1, 0.15) is 24.1 Å². The Morgan fingerprint density at radius 3 is 2.62 bits per heavy atom. The fourth-order valence-corrected chi connectivity index (χ4v) is 4.73. The first-order valence-corrected chi connectivity index (χ1v) is 9.93. The molecule has 1 atom stereocenters. The molecule has 2 heterocycles. The number of aromatic nitrogens is 1. The zero-order chi connectivity index (χ0) is 17.3. The highest BCUT2D eigenvalue weighted by atomic mass is 35.5. The van der Waals surface area contributed by atoms with Gasteiger partial charge in [0.15, 0.2) is 0 Å². The van der Waals surface area contributed by atoms with Gasteiger partial charge in [-0.25, -0.2) is 18.1 Å². The molecule has 0 radical (unpaired) electrons. The molecule has 0 spiro atoms. The van der Waals surface area contributed by atoms with Crippen molar-refractivity contribution < 1.29 is 8.42 Å². The highest BCUT2D eigenvalue weighted by Crippen LogP contribution is 2.28. The molecule has 0 bridgehead atoms. The summed E-state index contributed by atoms with van der Waals surface area (Å²) in [5, 5.41) is 0.339. The first kappa shape index (κ1) is 17.3. The van der Waals surface area contributed by atoms with E-state index >= 15 is 0 Å². The second-order valence-corrected chi connectivity index (χ2v) is 8.90. The van der Waals surface area contributed by atoms with Gasteiger partial charge in [-0.2, -0.15) is 0 Å². The monoisotopic (exact) mass is 381 g/mol. The van der Waals surface area contributed by atoms with Gasteiger partial charge in [0.2, 0.25) is 10.0 Å². The molecule has 5 nitrogen and oxygen atoms in total. The summed E-state index contributed by atoms with van der Waals surface area (Å²) >= 11 is 7.00. The van der Waals surface area contributed by atoms with Gasteiger partial charge >= 0.3 is 0 Å². The van der Waals surface area contributed by atoms with E-state index in [9.17, 15) is 8.42 Å². The summed E-state index contributed by atoms with van der Waals surface area (Å²) in [7, 11) is -3.60. The number of hydrogen-bond acceptors (Lipinski definition) is 5. The molecule has 8 heteroatoms. The summed E-state index contributed by atoms with van der Waals surface area (Å²) in [6, 6.07) is 12.4. The van der Waals surface area contributed by atoms with Crippen LogP contribution in [-0.2, 0) is 16.6 Å². The molecule has 3 N–H and O–H groups in total. The Balaban J connectivity index is 1.77. The van der Waals surface area contributed by atoms with Crippen molar-refractivity contribution in [2.24, 2.45) is 5.73 Å². The van der Waals surface area contributed by atoms with Gasteiger partial charge in [0, 0.05) is 12.6 Å². The van der Waals surface area contributed by atoms with E-state index in [1.54, 1.807) is 12.1 Å². The lowest BCUT2D eigenvalue weighted by Gasteiger charge is -2.08. The van der Waals surface area contributed by atoms with Crippen LogP contribution in [0.5, 0.6) is 0 Å². The third-order valence-corrected chi connectivity index (χ3v) is 6.73. The van der Waals surface area contributed by atoms with Crippen LogP contribution in [0.15, 0.2) is 46.7 Å². The Morgan fingerprint density at radius 1 is 1.25 bits per heavy atom. The average molecular weight is 382 g/mol. The van der Waals surface area contributed by atoms with Crippen molar-refractivity contribution in [3.8, 4) is 0 Å². The van der Waals surface area contributed by atoms with E-state index in [0.717, 1.165) is 15.8 Å². The van der Waals surface area contributed by atoms with E-state index in [2.05, 4.69) is 9.71 Å². The predicted octanol–water partition coefficient (Wildman–Crippen LogP) is 3.45. The van der Waals surface area contributed by atoms with Crippen molar-refractivity contribution >= 4 is 43.2 Å². The number of nitrogens with two attached hydrogens (primary N) is 1. The zero-order valence-corrected chi connectivity index (χ0v) is 15.3. The number of nitrogens with zero attached hydrogens (tertiary/aromatic N) is 1. The van der Waals surface area contributed by atoms with Gasteiger partial charge in [0.1, 0.15) is 9.36 Å². The van der Waals surface area contributed by atoms with Gasteiger partial charge in [-0.05, 0) is 36.2 Å². The fraction of sp³-hybridized carbons (Fsp3) is 0.188. The minimum atomic E-state index is -3.60. The van der Waals surface area contributed by atoms with Crippen LogP contribution in [0, 0.1) is 0 Å². The molecule has 3 rings (SSSR count). The van der Waals surface area contributed by atoms with E-state index in [-0.39, 0.29) is 16.8 Å². The molecule has 0 saturated carbocycles. The molecule has 0 amide bonds. The third kappa shape index (κ3) is 3.76. The number of thiophene rings is 1. The Kier molecular flexibility index (Phi) is 4.89. The number of rotatable bonds is 5. The fourth-order valence-electron chi connectivity index (χ4n) is 2.20. The van der Waals surface area contributed by atoms with Crippen molar-refractivity contribution in [2.75, 3.05) is 0 Å². The molecule has 0 aliphatic heterocycles. The summed E-state index contributed by atoms with van der Waals surface area (Å²) in [6.45, 7) is 2.11. The van der Waals surface area contributed by atoms with E-state index in [0.29, 0.717) is 10.7 Å². The molecule has 2 aromatic heterocycles. The van der Waals surface area contributed by atoms with Gasteiger partial charge in [-0.1, -0.05) is 35.9 Å². The first-order chi connectivity index (χ1) is 11.3. The largest absolute Gasteiger partial charge is 0.324 e. The minimum Gasteiger partial charge on any atom is -0.324 e. The van der Waals surface area contributed by atoms with Crippen molar-refractivity contribution in [1.82, 2.24) is 9.71 Å². The zero-order valence-electron chi connectivity index (χ0n) is 12.9. The molecule has 0 saturated heterocycles. The Hall–Kier alpha value is -1.51. The number of sulfonamides is 1. The van der Waals surface area contributed by atoms with Crippen molar-refractivity contribution in [2.45, 2.75) is 23.7 Å². The number of pyridine rings is 1. The summed E-state index contributed by atoms with van der Waals surface area (Å²) in [4.78, 5) is 4.13. The molecule has 3 aromatic rings. The first-order valence-electron chi connectivity index (χ1n) is 7.25. The van der Waals surface area contributed by atoms with Crippen molar-refractivity contribution in [3.63, 3.8) is 0 Å². The molecule has 1 aromatic carbocycles. The van der Waals surface area contributed by atoms with E-state index in [1.165, 1.54) is 17.4 Å². The van der Waals surface area contributed by atoms with Gasteiger partial charge < -0.3 is 5.73 Å². The SMILES string of the molecule is CC(N)c1ccc(CNS(=O)(=O)c2cc3nc(Cl)ccc3s2)cc1. The molecule has 0 aliphatic rings. The lowest BCUT2D eigenvalue weighted by molar-refractivity contribution is 0.583. The number of halogens is 1. The second-order valence-electron chi connectivity index (χ2n) is 5.44. The Bertz CT molecular complexity index is 967. The molecule has 1 unspecified atom stereocenters. The van der Waals surface area contributed by atoms with Gasteiger partial charge in [-0.15, -0.1) is 11.3 Å². The van der Waals surface area contributed by atoms with Gasteiger partial charge in [-0.3, -0.25) is 0 Å². The Labute approximate surface area is 149 Å². The molecule has 0 fully saturated rings. The van der Waals surface area contributed by atoms with Crippen molar-refractivity contribution in [1.29, 1.82) is 0 Å². The highest BCUT2D eigenvalue weighted by Gasteiger charge is 2.18. The van der Waals surface area contributed by atoms with Crippen molar-refractivity contribution in [3.05, 3.63) is 58.7 Å². The lowest BCUT2D eigenvalue weighted by atomic mass is 10.1. The molecule has 0 aliphatic carbocycles. The summed E-state index contributed by atoms with van der Waals surface area (Å²) in [6.07, 6.45) is 0. The van der Waals surface area contributed by atoms with Gasteiger partial charge in [0.05, 0.1) is 10.2 Å². The summed E-state index contributed by atoms with van der Waals surface area (Å²) in [5.74, 6) is 0. The smallest absolute Gasteiger partial charge is 0.250 e. The standard InChI is InChI=1S/C16H16ClN3O2S2/c1-10(18)12-4-2-11(3-5-12)9-19-24(21,22)16-8-13-14(23-16)6-7-15(17)20-13/h2-8,10,19H,9,18H2,1H3. The summed E-state index contributed by atoms with van der Waals surface area (Å²) in [5.41, 5.74) is 8.26. The molecular weight excluding hydrogens is 366 g/mol. The lowest BCUT2D eigenvalue weighted by Crippen LogP contribution is -2.22. The van der Waals surface area contributed by atoms with E-state index in [4.69, 9.17) is 17.3 Å². The molecular formula is C16H16ClN3O2S2. The number of benzene rings is 1. The van der Waals surface area contributed by atoms with Crippen LogP contribution >= 0.6 is 22.9 Å². The van der Waals surface area contributed by atoms with E-state index < -0.39 is 10.0 Å². The minimum absolute atomic E-state index is 0.0476. The molecule has 126 valence electrons. The van der Waals surface area contributed by atoms with E-state index in [1.807, 2.05) is 31.2 Å². The number of nitrogens with one attached hydrogen (secondary N) is 1. The van der Waals surface area contributed by atoms with Crippen LogP contribution in [0.4, 0.5) is 0 Å². The molecule has 24 heavy (non-hydrogen) atoms. The van der Waals surface area contributed by atoms with Crippen LogP contribution in [-0.4, -0.2) is 13.4 Å². The normalized spacial score (nSPS) is 13.3. The predicted molar refractivity (Wildman–Crippen MR) is 97.7 cm³/mol. The Morgan fingerprint density at radius 2 is 1.96 bits per heavy atom. The highest BCUT2D eigenvalue weighted by molar-refractivity contribution is 7.91. The summed E-state index contributed by atoms with van der Waals surface area (Å²) < 4.78 is 28.5. The topological polar surface area (TPSA) is 85.1 Å². The third-order valence-electron chi connectivity index (χ3n) is 3.55. The average Bonchev–Trinajstić information content (AvgIpc) is 2.97. The maximum absolute atomic E-state index is 12.5.